The van der Waals surface area contributed by atoms with Gasteiger partial charge in [-0.05, 0) is 31.6 Å². The molecule has 3 saturated heterocycles. The van der Waals surface area contributed by atoms with Crippen molar-refractivity contribution >= 4 is 29.0 Å². The second kappa shape index (κ2) is 11.7. The van der Waals surface area contributed by atoms with Crippen LogP contribution in [0.5, 0.6) is 0 Å². The largest absolute Gasteiger partial charge is 0.444 e. The lowest BCUT2D eigenvalue weighted by molar-refractivity contribution is -0.137. The summed E-state index contributed by atoms with van der Waals surface area (Å²) < 4.78 is 17.8. The van der Waals surface area contributed by atoms with Crippen molar-refractivity contribution in [1.82, 2.24) is 29.7 Å². The molecule has 0 bridgehead atoms. The monoisotopic (exact) mass is 543 g/mol. The third-order valence-electron chi connectivity index (χ3n) is 7.19. The second-order valence-electron chi connectivity index (χ2n) is 9.89. The molecule has 0 aromatic carbocycles. The Bertz CT molecular complexity index is 1260. The highest BCUT2D eigenvalue weighted by Crippen LogP contribution is 2.32. The van der Waals surface area contributed by atoms with Gasteiger partial charge in [-0.1, -0.05) is 5.92 Å². The van der Waals surface area contributed by atoms with Gasteiger partial charge >= 0.3 is 6.09 Å². The smallest absolute Gasteiger partial charge is 0.410 e. The number of anilines is 1. The average Bonchev–Trinajstić information content (AvgIpc) is 3.65. The molecule has 5 heterocycles. The number of ether oxygens (including phenoxy) is 3. The number of carbonyl (C=O) groups excluding carboxylic acids is 2. The minimum absolute atomic E-state index is 0.107. The van der Waals surface area contributed by atoms with Gasteiger partial charge in [0.2, 0.25) is 5.82 Å². The van der Waals surface area contributed by atoms with Crippen LogP contribution in [0.3, 0.4) is 0 Å². The predicted octanol–water partition coefficient (Wildman–Crippen LogP) is -0.457. The zero-order chi connectivity index (χ0) is 27.5. The molecule has 2 amide bonds. The first-order chi connectivity index (χ1) is 18.9. The lowest BCUT2D eigenvalue weighted by atomic mass is 9.94. The third kappa shape index (κ3) is 5.76. The van der Waals surface area contributed by atoms with E-state index in [9.17, 15) is 19.8 Å². The van der Waals surface area contributed by atoms with Crippen molar-refractivity contribution in [3.63, 3.8) is 0 Å². The number of likely N-dealkylation sites (N-methyl/N-ethyl adjacent to an activating group) is 1. The number of aromatic nitrogens is 4. The minimum Gasteiger partial charge on any atom is -0.444 e. The quantitative estimate of drug-likeness (QED) is 0.358. The van der Waals surface area contributed by atoms with Crippen molar-refractivity contribution < 1.29 is 34.0 Å². The highest BCUT2D eigenvalue weighted by Gasteiger charge is 2.47. The first kappa shape index (κ1) is 27.1. The number of imidazole rings is 1. The molecular weight excluding hydrogens is 510 g/mol. The Morgan fingerprint density at radius 1 is 1.23 bits per heavy atom. The number of piperidine rings is 1. The van der Waals surface area contributed by atoms with Gasteiger partial charge in [0.05, 0.1) is 19.5 Å². The number of amides is 2. The van der Waals surface area contributed by atoms with Gasteiger partial charge in [-0.25, -0.2) is 19.7 Å². The lowest BCUT2D eigenvalue weighted by Gasteiger charge is -2.31. The molecule has 5 N–H and O–H groups in total. The molecule has 3 aliphatic rings. The summed E-state index contributed by atoms with van der Waals surface area (Å²) in [4.78, 5) is 39.2. The van der Waals surface area contributed by atoms with E-state index in [2.05, 4.69) is 32.1 Å². The molecule has 0 radical (unpaired) electrons. The molecule has 39 heavy (non-hydrogen) atoms. The predicted molar refractivity (Wildman–Crippen MR) is 136 cm³/mol. The molecule has 210 valence electrons. The first-order valence-electron chi connectivity index (χ1n) is 13.2. The number of nitrogens with one attached hydrogen (secondary N) is 1. The molecule has 5 atom stereocenters. The van der Waals surface area contributed by atoms with Crippen molar-refractivity contribution in [3.05, 3.63) is 12.2 Å². The third-order valence-corrected chi connectivity index (χ3v) is 7.19. The minimum atomic E-state index is -1.43. The molecule has 0 spiro atoms. The number of nitrogens with zero attached hydrogens (tertiary/aromatic N) is 5. The highest BCUT2D eigenvalue weighted by molar-refractivity contribution is 5.83. The molecule has 14 heteroatoms. The van der Waals surface area contributed by atoms with Crippen LogP contribution in [-0.4, -0.2) is 104 Å². The number of rotatable bonds is 5. The fourth-order valence-corrected chi connectivity index (χ4v) is 4.98. The van der Waals surface area contributed by atoms with Crippen LogP contribution in [0.1, 0.15) is 44.7 Å². The van der Waals surface area contributed by atoms with Crippen molar-refractivity contribution in [2.24, 2.45) is 5.92 Å². The fourth-order valence-electron chi connectivity index (χ4n) is 4.98. The van der Waals surface area contributed by atoms with Crippen LogP contribution in [0.25, 0.3) is 11.2 Å². The van der Waals surface area contributed by atoms with E-state index in [1.807, 2.05) is 0 Å². The number of nitrogens with two attached hydrogens (primary N) is 1. The summed E-state index contributed by atoms with van der Waals surface area (Å²) in [5.74, 6) is 6.14. The zero-order valence-electron chi connectivity index (χ0n) is 21.7. The van der Waals surface area contributed by atoms with Crippen LogP contribution in [0.2, 0.25) is 0 Å². The molecule has 5 rings (SSSR count). The Morgan fingerprint density at radius 3 is 2.74 bits per heavy atom. The van der Waals surface area contributed by atoms with E-state index < -0.39 is 30.4 Å². The van der Waals surface area contributed by atoms with Gasteiger partial charge in [-0.15, -0.1) is 0 Å². The van der Waals surface area contributed by atoms with E-state index in [4.69, 9.17) is 19.9 Å². The number of nitrogen functional groups attached to an aromatic ring is 1. The topological polar surface area (TPSA) is 187 Å². The molecule has 1 unspecified atom stereocenters. The van der Waals surface area contributed by atoms with Crippen molar-refractivity contribution in [2.75, 3.05) is 38.6 Å². The van der Waals surface area contributed by atoms with E-state index in [0.717, 1.165) is 19.3 Å². The lowest BCUT2D eigenvalue weighted by Crippen LogP contribution is -2.42. The number of hydrogen-bond donors (Lipinski definition) is 4. The summed E-state index contributed by atoms with van der Waals surface area (Å²) in [5.41, 5.74) is 6.64. The summed E-state index contributed by atoms with van der Waals surface area (Å²) in [6, 6.07) is 0. The van der Waals surface area contributed by atoms with Crippen LogP contribution in [0.4, 0.5) is 10.6 Å². The summed E-state index contributed by atoms with van der Waals surface area (Å²) in [6.45, 7) is 4.41. The van der Waals surface area contributed by atoms with E-state index >= 15 is 0 Å². The van der Waals surface area contributed by atoms with E-state index in [1.165, 1.54) is 10.9 Å². The van der Waals surface area contributed by atoms with E-state index in [1.54, 1.807) is 11.8 Å². The second-order valence-corrected chi connectivity index (χ2v) is 9.89. The van der Waals surface area contributed by atoms with Crippen molar-refractivity contribution in [3.8, 4) is 11.8 Å². The summed E-state index contributed by atoms with van der Waals surface area (Å²) >= 11 is 0. The number of likely N-dealkylation sites (tertiary alicyclic amines) is 1. The number of fused-ring (bicyclic) bond motifs is 1. The van der Waals surface area contributed by atoms with Gasteiger partial charge in [0.1, 0.15) is 23.8 Å². The first-order valence-corrected chi connectivity index (χ1v) is 13.2. The number of aliphatic hydroxyl groups excluding tert-OH is 2. The van der Waals surface area contributed by atoms with Crippen LogP contribution in [-0.2, 0) is 19.0 Å². The van der Waals surface area contributed by atoms with Crippen LogP contribution >= 0.6 is 0 Å². The SMILES string of the molecule is CCNC(=O)[C@H]1O[C@@H](n2cnc3c(N)nc(C#CCC4CCN(C(=O)OC5CCOC5)CC4)nc32)[C@H](O)[C@@H]1O. The van der Waals surface area contributed by atoms with Gasteiger partial charge in [0.25, 0.3) is 5.91 Å². The number of hydrogen-bond acceptors (Lipinski definition) is 11. The molecule has 0 saturated carbocycles. The molecule has 0 aliphatic carbocycles. The van der Waals surface area contributed by atoms with Crippen LogP contribution < -0.4 is 11.1 Å². The van der Waals surface area contributed by atoms with E-state index in [-0.39, 0.29) is 35.0 Å². The fraction of sp³-hybridized carbons (Fsp3) is 0.640. The summed E-state index contributed by atoms with van der Waals surface area (Å²) in [5, 5.41) is 23.5. The summed E-state index contributed by atoms with van der Waals surface area (Å²) in [6.07, 6.45) is -1.28. The summed E-state index contributed by atoms with van der Waals surface area (Å²) in [7, 11) is 0. The maximum Gasteiger partial charge on any atom is 0.410 e. The van der Waals surface area contributed by atoms with Gasteiger partial charge in [0, 0.05) is 32.5 Å². The average molecular weight is 544 g/mol. The molecular formula is C25H33N7O7. The standard InChI is InChI=1S/C25H33N7O7/c1-2-27-23(35)20-18(33)19(34)24(39-20)32-13-28-17-21(26)29-16(30-22(17)32)5-3-4-14-6-9-31(10-7-14)25(36)38-15-8-11-37-12-15/h13-15,18-20,24,33-34H,2,4,6-12H2,1H3,(H,27,35)(H2,26,29,30)/t15?,18-,19+,20-,24+/m0/s1. The zero-order valence-corrected chi connectivity index (χ0v) is 21.7. The molecule has 3 aliphatic heterocycles. The van der Waals surface area contributed by atoms with Crippen LogP contribution in [0, 0.1) is 17.8 Å². The maximum absolute atomic E-state index is 12.3. The van der Waals surface area contributed by atoms with Gasteiger partial charge in [-0.2, -0.15) is 0 Å². The Hall–Kier alpha value is -3.51. The van der Waals surface area contributed by atoms with Gasteiger partial charge in [0.15, 0.2) is 23.8 Å². The number of aliphatic hydroxyl groups is 2. The normalized spacial score (nSPS) is 27.4. The molecule has 14 nitrogen and oxygen atoms in total. The van der Waals surface area contributed by atoms with Crippen LogP contribution in [0.15, 0.2) is 6.33 Å². The van der Waals surface area contributed by atoms with Crippen molar-refractivity contribution in [2.45, 2.75) is 63.3 Å². The van der Waals surface area contributed by atoms with Gasteiger partial charge < -0.3 is 40.4 Å². The van der Waals surface area contributed by atoms with Crippen molar-refractivity contribution in [1.29, 1.82) is 0 Å². The van der Waals surface area contributed by atoms with Gasteiger partial charge in [-0.3, -0.25) is 9.36 Å². The Morgan fingerprint density at radius 2 is 2.03 bits per heavy atom. The maximum atomic E-state index is 12.3. The number of carbonyl (C=O) groups is 2. The highest BCUT2D eigenvalue weighted by atomic mass is 16.6. The van der Waals surface area contributed by atoms with E-state index in [0.29, 0.717) is 45.2 Å². The Labute approximate surface area is 224 Å². The Kier molecular flexibility index (Phi) is 8.12. The Balaban J connectivity index is 1.22. The molecule has 3 fully saturated rings. The molecule has 2 aromatic heterocycles. The molecule has 2 aromatic rings.